The van der Waals surface area contributed by atoms with Crippen molar-refractivity contribution in [3.63, 3.8) is 0 Å². The van der Waals surface area contributed by atoms with E-state index in [1.54, 1.807) is 0 Å². The molecule has 1 aliphatic heterocycles. The van der Waals surface area contributed by atoms with Gasteiger partial charge in [0.2, 0.25) is 0 Å². The zero-order chi connectivity index (χ0) is 13.8. The van der Waals surface area contributed by atoms with Crippen LogP contribution in [0, 0.1) is 0 Å². The van der Waals surface area contributed by atoms with E-state index in [2.05, 4.69) is 4.99 Å². The van der Waals surface area contributed by atoms with Gasteiger partial charge in [-0.1, -0.05) is 30.4 Å². The smallest absolute Gasteiger partial charge is 0.254 e. The Morgan fingerprint density at radius 3 is 2.79 bits per heavy atom. The van der Waals surface area contributed by atoms with E-state index in [1.165, 1.54) is 0 Å². The molecule has 0 spiro atoms. The Morgan fingerprint density at radius 1 is 1.37 bits per heavy atom. The van der Waals surface area contributed by atoms with Gasteiger partial charge in [0.25, 0.3) is 5.91 Å². The maximum Gasteiger partial charge on any atom is 0.254 e. The summed E-state index contributed by atoms with van der Waals surface area (Å²) in [5.41, 5.74) is 12.3. The summed E-state index contributed by atoms with van der Waals surface area (Å²) in [6.45, 7) is 3.04. The Bertz CT molecular complexity index is 532. The van der Waals surface area contributed by atoms with Crippen molar-refractivity contribution in [1.29, 1.82) is 0 Å². The van der Waals surface area contributed by atoms with Crippen molar-refractivity contribution in [3.05, 3.63) is 47.5 Å². The van der Waals surface area contributed by atoms with Gasteiger partial charge in [0.1, 0.15) is 0 Å². The Balaban J connectivity index is 2.00. The molecule has 1 unspecified atom stereocenters. The molecule has 0 fully saturated rings. The van der Waals surface area contributed by atoms with Crippen molar-refractivity contribution in [2.24, 2.45) is 16.5 Å². The fourth-order valence-corrected chi connectivity index (χ4v) is 2.22. The predicted octanol–water partition coefficient (Wildman–Crippen LogP) is 1.03. The molecule has 1 aliphatic rings. The summed E-state index contributed by atoms with van der Waals surface area (Å²) in [5, 5.41) is 0. The normalized spacial score (nSPS) is 17.8. The second-order valence-electron chi connectivity index (χ2n) is 4.46. The number of hydrogen-bond acceptors (Lipinski definition) is 2. The van der Waals surface area contributed by atoms with Crippen LogP contribution in [0.2, 0.25) is 0 Å². The van der Waals surface area contributed by atoms with Crippen LogP contribution in [-0.4, -0.2) is 29.9 Å². The van der Waals surface area contributed by atoms with E-state index in [1.807, 2.05) is 48.2 Å². The molecule has 1 aromatic carbocycles. The van der Waals surface area contributed by atoms with Crippen LogP contribution in [0.3, 0.4) is 0 Å². The van der Waals surface area contributed by atoms with Crippen LogP contribution in [0.1, 0.15) is 28.9 Å². The van der Waals surface area contributed by atoms with E-state index < -0.39 is 0 Å². The minimum Gasteiger partial charge on any atom is -0.370 e. The van der Waals surface area contributed by atoms with Crippen LogP contribution in [0.5, 0.6) is 0 Å². The third kappa shape index (κ3) is 2.76. The van der Waals surface area contributed by atoms with E-state index in [-0.39, 0.29) is 17.9 Å². The summed E-state index contributed by atoms with van der Waals surface area (Å²) in [4.78, 5) is 17.9. The highest BCUT2D eigenvalue weighted by atomic mass is 16.2. The number of fused-ring (bicyclic) bond motifs is 1. The first-order chi connectivity index (χ1) is 9.11. The summed E-state index contributed by atoms with van der Waals surface area (Å²) in [7, 11) is 0. The maximum absolute atomic E-state index is 12.2. The number of aliphatic imine (C=N–C) groups is 1. The van der Waals surface area contributed by atoms with Gasteiger partial charge in [-0.05, 0) is 18.6 Å². The molecule has 19 heavy (non-hydrogen) atoms. The van der Waals surface area contributed by atoms with E-state index in [9.17, 15) is 4.79 Å². The Morgan fingerprint density at radius 2 is 2.11 bits per heavy atom. The van der Waals surface area contributed by atoms with Crippen LogP contribution in [0.4, 0.5) is 0 Å². The predicted molar refractivity (Wildman–Crippen MR) is 75.7 cm³/mol. The largest absolute Gasteiger partial charge is 0.370 e. The first-order valence-electron chi connectivity index (χ1n) is 6.21. The zero-order valence-electron chi connectivity index (χ0n) is 10.9. The fraction of sp³-hybridized carbons (Fsp3) is 0.286. The minimum atomic E-state index is 0.0719. The summed E-state index contributed by atoms with van der Waals surface area (Å²) in [6.07, 6.45) is 3.76. The molecule has 0 aromatic heterocycles. The molecule has 1 atom stereocenters. The molecule has 1 aromatic rings. The molecule has 0 radical (unpaired) electrons. The van der Waals surface area contributed by atoms with Gasteiger partial charge in [-0.3, -0.25) is 4.79 Å². The Labute approximate surface area is 112 Å². The zero-order valence-corrected chi connectivity index (χ0v) is 10.9. The molecule has 1 amide bonds. The summed E-state index contributed by atoms with van der Waals surface area (Å²) >= 11 is 0. The van der Waals surface area contributed by atoms with Gasteiger partial charge in [0, 0.05) is 12.1 Å². The van der Waals surface area contributed by atoms with Crippen molar-refractivity contribution in [1.82, 2.24) is 4.90 Å². The lowest BCUT2D eigenvalue weighted by Crippen LogP contribution is -2.26. The second kappa shape index (κ2) is 5.56. The number of hydrogen-bond donors (Lipinski definition) is 2. The van der Waals surface area contributed by atoms with Gasteiger partial charge in [0.15, 0.2) is 5.96 Å². The van der Waals surface area contributed by atoms with Gasteiger partial charge in [-0.15, -0.1) is 0 Å². The van der Waals surface area contributed by atoms with E-state index in [0.717, 1.165) is 11.1 Å². The number of benzene rings is 1. The SMILES string of the molecule is CC1c2ccccc2C(=O)N1C/C=C/CN=C(N)N. The lowest BCUT2D eigenvalue weighted by molar-refractivity contribution is 0.0759. The molecule has 1 heterocycles. The van der Waals surface area contributed by atoms with Crippen LogP contribution >= 0.6 is 0 Å². The van der Waals surface area contributed by atoms with Crippen LogP contribution in [0.15, 0.2) is 41.4 Å². The highest BCUT2D eigenvalue weighted by Gasteiger charge is 2.32. The monoisotopic (exact) mass is 258 g/mol. The first kappa shape index (κ1) is 13.1. The van der Waals surface area contributed by atoms with Crippen molar-refractivity contribution >= 4 is 11.9 Å². The molecule has 100 valence electrons. The topological polar surface area (TPSA) is 84.7 Å². The summed E-state index contributed by atoms with van der Waals surface area (Å²) < 4.78 is 0. The lowest BCUT2D eigenvalue weighted by Gasteiger charge is -2.20. The van der Waals surface area contributed by atoms with Gasteiger partial charge in [-0.2, -0.15) is 0 Å². The number of nitrogens with two attached hydrogens (primary N) is 2. The van der Waals surface area contributed by atoms with Crippen molar-refractivity contribution in [2.75, 3.05) is 13.1 Å². The molecule has 5 nitrogen and oxygen atoms in total. The van der Waals surface area contributed by atoms with E-state index >= 15 is 0 Å². The third-order valence-electron chi connectivity index (χ3n) is 3.22. The highest BCUT2D eigenvalue weighted by molar-refractivity contribution is 5.99. The maximum atomic E-state index is 12.2. The molecule has 2 rings (SSSR count). The molecular formula is C14H18N4O. The van der Waals surface area contributed by atoms with Crippen LogP contribution < -0.4 is 11.5 Å². The lowest BCUT2D eigenvalue weighted by atomic mass is 10.1. The van der Waals surface area contributed by atoms with Gasteiger partial charge >= 0.3 is 0 Å². The highest BCUT2D eigenvalue weighted by Crippen LogP contribution is 2.32. The molecule has 5 heteroatoms. The number of rotatable bonds is 4. The van der Waals surface area contributed by atoms with Gasteiger partial charge in [0.05, 0.1) is 12.6 Å². The molecule has 4 N–H and O–H groups in total. The number of carbonyl (C=O) groups excluding carboxylic acids is 1. The van der Waals surface area contributed by atoms with Crippen LogP contribution in [0.25, 0.3) is 0 Å². The average Bonchev–Trinajstić information content (AvgIpc) is 2.63. The Kier molecular flexibility index (Phi) is 3.85. The molecule has 0 saturated heterocycles. The van der Waals surface area contributed by atoms with E-state index in [4.69, 9.17) is 11.5 Å². The van der Waals surface area contributed by atoms with Crippen molar-refractivity contribution in [3.8, 4) is 0 Å². The average molecular weight is 258 g/mol. The minimum absolute atomic E-state index is 0.0719. The number of nitrogens with zero attached hydrogens (tertiary/aromatic N) is 2. The molecule has 0 aliphatic carbocycles. The Hall–Kier alpha value is -2.30. The molecule has 0 bridgehead atoms. The quantitative estimate of drug-likeness (QED) is 0.480. The van der Waals surface area contributed by atoms with Gasteiger partial charge < -0.3 is 16.4 Å². The summed E-state index contributed by atoms with van der Waals surface area (Å²) in [6, 6.07) is 7.83. The second-order valence-corrected chi connectivity index (χ2v) is 4.46. The fourth-order valence-electron chi connectivity index (χ4n) is 2.22. The first-order valence-corrected chi connectivity index (χ1v) is 6.21. The van der Waals surface area contributed by atoms with Gasteiger partial charge in [-0.25, -0.2) is 4.99 Å². The number of amides is 1. The standard InChI is InChI=1S/C14H18N4O/c1-10-11-6-2-3-7-12(11)13(19)18(10)9-5-4-8-17-14(15)16/h2-7,10H,8-9H2,1H3,(H4,15,16,17)/b5-4+. The van der Waals surface area contributed by atoms with E-state index in [0.29, 0.717) is 13.1 Å². The molecular weight excluding hydrogens is 240 g/mol. The number of guanidine groups is 1. The third-order valence-corrected chi connectivity index (χ3v) is 3.22. The molecule has 0 saturated carbocycles. The number of carbonyl (C=O) groups is 1. The van der Waals surface area contributed by atoms with Crippen molar-refractivity contribution < 1.29 is 4.79 Å². The summed E-state index contributed by atoms with van der Waals surface area (Å²) in [5.74, 6) is 0.150. The van der Waals surface area contributed by atoms with Crippen LogP contribution in [-0.2, 0) is 0 Å². The van der Waals surface area contributed by atoms with Crippen molar-refractivity contribution in [2.45, 2.75) is 13.0 Å².